The fraction of sp³-hybridized carbons (Fsp3) is 0.500. The van der Waals surface area contributed by atoms with Crippen LogP contribution in [0.3, 0.4) is 0 Å². The molecule has 112 valence electrons. The van der Waals surface area contributed by atoms with E-state index in [-0.39, 0.29) is 16.0 Å². The molecular formula is C12H16ClFN2O2S2. The maximum atomic E-state index is 14.0. The highest BCUT2D eigenvalue weighted by Gasteiger charge is 2.32. The largest absolute Gasteiger partial charge is 0.399 e. The Hall–Kier alpha value is -0.500. The Morgan fingerprint density at radius 1 is 1.55 bits per heavy atom. The summed E-state index contributed by atoms with van der Waals surface area (Å²) in [5.74, 6) is -0.234. The average Bonchev–Trinajstić information content (AvgIpc) is 2.42. The van der Waals surface area contributed by atoms with E-state index >= 15 is 0 Å². The molecule has 1 atom stereocenters. The van der Waals surface area contributed by atoms with Gasteiger partial charge in [0.25, 0.3) is 0 Å². The third-order valence-corrected chi connectivity index (χ3v) is 6.70. The van der Waals surface area contributed by atoms with Gasteiger partial charge < -0.3 is 5.73 Å². The van der Waals surface area contributed by atoms with E-state index in [4.69, 9.17) is 17.3 Å². The average molecular weight is 339 g/mol. The lowest BCUT2D eigenvalue weighted by atomic mass is 10.3. The molecule has 2 N–H and O–H groups in total. The highest BCUT2D eigenvalue weighted by atomic mass is 35.5. The van der Waals surface area contributed by atoms with Crippen molar-refractivity contribution < 1.29 is 12.8 Å². The Labute approximate surface area is 127 Å². The van der Waals surface area contributed by atoms with Gasteiger partial charge in [0.05, 0.1) is 5.02 Å². The first-order valence-electron chi connectivity index (χ1n) is 6.22. The summed E-state index contributed by atoms with van der Waals surface area (Å²) in [5.41, 5.74) is 5.70. The van der Waals surface area contributed by atoms with E-state index in [0.29, 0.717) is 18.8 Å². The molecule has 0 amide bonds. The predicted octanol–water partition coefficient (Wildman–Crippen LogP) is 2.58. The number of anilines is 1. The van der Waals surface area contributed by atoms with Crippen LogP contribution in [0.1, 0.15) is 13.3 Å². The van der Waals surface area contributed by atoms with Crippen LogP contribution in [0.4, 0.5) is 10.1 Å². The first kappa shape index (κ1) is 15.9. The number of rotatable bonds is 3. The maximum Gasteiger partial charge on any atom is 0.246 e. The van der Waals surface area contributed by atoms with E-state index in [1.54, 1.807) is 11.8 Å². The number of hydrogen-bond acceptors (Lipinski definition) is 4. The third-order valence-electron chi connectivity index (χ3n) is 3.19. The molecule has 1 fully saturated rings. The molecule has 1 aliphatic rings. The lowest BCUT2D eigenvalue weighted by Crippen LogP contribution is -2.42. The smallest absolute Gasteiger partial charge is 0.246 e. The van der Waals surface area contributed by atoms with Crippen molar-refractivity contribution >= 4 is 39.1 Å². The molecule has 0 saturated carbocycles. The molecule has 1 aromatic carbocycles. The lowest BCUT2D eigenvalue weighted by Gasteiger charge is -2.31. The van der Waals surface area contributed by atoms with E-state index in [1.165, 1.54) is 10.4 Å². The summed E-state index contributed by atoms with van der Waals surface area (Å²) in [6, 6.07) is 2.33. The van der Waals surface area contributed by atoms with Gasteiger partial charge in [-0.3, -0.25) is 0 Å². The van der Waals surface area contributed by atoms with Gasteiger partial charge in [0.1, 0.15) is 4.90 Å². The van der Waals surface area contributed by atoms with Gasteiger partial charge in [-0.15, -0.1) is 0 Å². The molecule has 0 aliphatic carbocycles. The van der Waals surface area contributed by atoms with Crippen LogP contribution in [0.5, 0.6) is 0 Å². The van der Waals surface area contributed by atoms with Gasteiger partial charge >= 0.3 is 0 Å². The quantitative estimate of drug-likeness (QED) is 0.860. The van der Waals surface area contributed by atoms with Crippen molar-refractivity contribution in [1.82, 2.24) is 4.31 Å². The zero-order valence-corrected chi connectivity index (χ0v) is 13.4. The molecule has 1 aromatic rings. The van der Waals surface area contributed by atoms with Crippen molar-refractivity contribution in [3.05, 3.63) is 23.0 Å². The summed E-state index contributed by atoms with van der Waals surface area (Å²) in [6.07, 6.45) is 0.872. The summed E-state index contributed by atoms with van der Waals surface area (Å²) in [5, 5.41) is -0.0416. The van der Waals surface area contributed by atoms with Gasteiger partial charge in [-0.05, 0) is 18.6 Å². The second-order valence-corrected chi connectivity index (χ2v) is 8.30. The Morgan fingerprint density at radius 3 is 2.90 bits per heavy atom. The highest BCUT2D eigenvalue weighted by Crippen LogP contribution is 2.31. The Balaban J connectivity index is 2.40. The van der Waals surface area contributed by atoms with Crippen LogP contribution in [-0.2, 0) is 10.0 Å². The second kappa shape index (κ2) is 6.09. The van der Waals surface area contributed by atoms with Crippen LogP contribution in [0.15, 0.2) is 17.0 Å². The zero-order valence-electron chi connectivity index (χ0n) is 11.0. The molecule has 0 spiro atoms. The molecule has 20 heavy (non-hydrogen) atoms. The van der Waals surface area contributed by atoms with Crippen LogP contribution in [0.25, 0.3) is 0 Å². The van der Waals surface area contributed by atoms with Gasteiger partial charge in [-0.1, -0.05) is 18.5 Å². The molecule has 0 aromatic heterocycles. The van der Waals surface area contributed by atoms with E-state index in [9.17, 15) is 12.8 Å². The van der Waals surface area contributed by atoms with E-state index in [1.807, 2.05) is 6.92 Å². The molecule has 0 bridgehead atoms. The van der Waals surface area contributed by atoms with E-state index in [0.717, 1.165) is 12.5 Å². The molecule has 1 unspecified atom stereocenters. The van der Waals surface area contributed by atoms with Crippen LogP contribution >= 0.6 is 23.4 Å². The minimum absolute atomic E-state index is 0.133. The zero-order chi connectivity index (χ0) is 14.9. The minimum atomic E-state index is -3.90. The molecule has 1 aliphatic heterocycles. The number of benzene rings is 1. The minimum Gasteiger partial charge on any atom is -0.399 e. The normalized spacial score (nSPS) is 21.1. The van der Waals surface area contributed by atoms with Crippen LogP contribution in [0, 0.1) is 5.82 Å². The molecule has 1 saturated heterocycles. The summed E-state index contributed by atoms with van der Waals surface area (Å²) < 4.78 is 40.4. The molecule has 2 rings (SSSR count). The van der Waals surface area contributed by atoms with Gasteiger partial charge in [-0.25, -0.2) is 12.8 Å². The molecule has 1 heterocycles. The summed E-state index contributed by atoms with van der Waals surface area (Å²) in [6.45, 7) is 2.76. The van der Waals surface area contributed by atoms with Crippen molar-refractivity contribution in [2.24, 2.45) is 0 Å². The molecular weight excluding hydrogens is 323 g/mol. The van der Waals surface area contributed by atoms with Crippen LogP contribution in [0.2, 0.25) is 5.02 Å². The van der Waals surface area contributed by atoms with Crippen molar-refractivity contribution in [3.63, 3.8) is 0 Å². The van der Waals surface area contributed by atoms with Crippen LogP contribution < -0.4 is 5.73 Å². The fourth-order valence-electron chi connectivity index (χ4n) is 2.07. The van der Waals surface area contributed by atoms with Gasteiger partial charge in [0, 0.05) is 29.8 Å². The summed E-state index contributed by atoms with van der Waals surface area (Å²) in [4.78, 5) is -0.441. The Kier molecular flexibility index (Phi) is 4.84. The summed E-state index contributed by atoms with van der Waals surface area (Å²) in [7, 11) is -3.90. The standard InChI is InChI=1S/C12H16ClFN2O2S2/c1-2-9-7-16(3-4-19-9)20(17,18)11-6-8(15)5-10(13)12(11)14/h5-6,9H,2-4,7,15H2,1H3. The maximum absolute atomic E-state index is 14.0. The molecule has 0 radical (unpaired) electrons. The van der Waals surface area contributed by atoms with Gasteiger partial charge in [-0.2, -0.15) is 16.1 Å². The van der Waals surface area contributed by atoms with Crippen molar-refractivity contribution in [1.29, 1.82) is 0 Å². The predicted molar refractivity (Wildman–Crippen MR) is 81.1 cm³/mol. The number of thioether (sulfide) groups is 1. The third kappa shape index (κ3) is 3.05. The van der Waals surface area contributed by atoms with Crippen molar-refractivity contribution in [3.8, 4) is 0 Å². The number of hydrogen-bond donors (Lipinski definition) is 1. The Bertz CT molecular complexity index is 610. The van der Waals surface area contributed by atoms with E-state index in [2.05, 4.69) is 0 Å². The monoisotopic (exact) mass is 338 g/mol. The SMILES string of the molecule is CCC1CN(S(=O)(=O)c2cc(N)cc(Cl)c2F)CCS1. The van der Waals surface area contributed by atoms with Gasteiger partial charge in [0.2, 0.25) is 10.0 Å². The first-order chi connectivity index (χ1) is 9.36. The second-order valence-electron chi connectivity index (χ2n) is 4.58. The topological polar surface area (TPSA) is 63.4 Å². The first-order valence-corrected chi connectivity index (χ1v) is 9.09. The fourth-order valence-corrected chi connectivity index (χ4v) is 5.35. The van der Waals surface area contributed by atoms with Crippen molar-refractivity contribution in [2.45, 2.75) is 23.5 Å². The van der Waals surface area contributed by atoms with Crippen LogP contribution in [-0.4, -0.2) is 36.8 Å². The van der Waals surface area contributed by atoms with E-state index < -0.39 is 20.7 Å². The Morgan fingerprint density at radius 2 is 2.25 bits per heavy atom. The number of halogens is 2. The molecule has 8 heteroatoms. The number of nitrogen functional groups attached to an aromatic ring is 1. The number of nitrogens with two attached hydrogens (primary N) is 1. The lowest BCUT2D eigenvalue weighted by molar-refractivity contribution is 0.412. The highest BCUT2D eigenvalue weighted by molar-refractivity contribution is 8.00. The number of sulfonamides is 1. The van der Waals surface area contributed by atoms with Crippen molar-refractivity contribution in [2.75, 3.05) is 24.6 Å². The van der Waals surface area contributed by atoms with Gasteiger partial charge in [0.15, 0.2) is 5.82 Å². The molecule has 4 nitrogen and oxygen atoms in total. The number of nitrogens with zero attached hydrogens (tertiary/aromatic N) is 1. The summed E-state index contributed by atoms with van der Waals surface area (Å²) >= 11 is 7.42.